The van der Waals surface area contributed by atoms with Crippen molar-refractivity contribution >= 4 is 28.4 Å². The molecule has 1 aromatic carbocycles. The first-order valence-corrected chi connectivity index (χ1v) is 7.53. The zero-order valence-corrected chi connectivity index (χ0v) is 12.7. The monoisotopic (exact) mass is 303 g/mol. The van der Waals surface area contributed by atoms with Gasteiger partial charge in [0.2, 0.25) is 0 Å². The fourth-order valence-corrected chi connectivity index (χ4v) is 2.98. The van der Waals surface area contributed by atoms with Crippen LogP contribution in [0.25, 0.3) is 10.9 Å². The molecule has 1 atom stereocenters. The zero-order valence-electron chi connectivity index (χ0n) is 12.0. The minimum atomic E-state index is -0.133. The summed E-state index contributed by atoms with van der Waals surface area (Å²) in [7, 11) is 2.11. The number of amides is 1. The van der Waals surface area contributed by atoms with Crippen LogP contribution < -0.4 is 5.32 Å². The minimum absolute atomic E-state index is 0.133. The lowest BCUT2D eigenvalue weighted by molar-refractivity contribution is 0.0943. The van der Waals surface area contributed by atoms with E-state index >= 15 is 0 Å². The highest BCUT2D eigenvalue weighted by Crippen LogP contribution is 2.21. The number of halogens is 1. The smallest absolute Gasteiger partial charge is 0.269 e. The van der Waals surface area contributed by atoms with Crippen LogP contribution in [0, 0.1) is 5.92 Å². The molecule has 0 saturated carbocycles. The van der Waals surface area contributed by atoms with Gasteiger partial charge in [-0.25, -0.2) is 4.98 Å². The molecule has 1 fully saturated rings. The molecule has 110 valence electrons. The van der Waals surface area contributed by atoms with Crippen LogP contribution in [0.1, 0.15) is 16.9 Å². The Hall–Kier alpha value is -1.65. The van der Waals surface area contributed by atoms with Crippen LogP contribution in [0.4, 0.5) is 0 Å². The highest BCUT2D eigenvalue weighted by molar-refractivity contribution is 6.35. The Kier molecular flexibility index (Phi) is 4.08. The van der Waals surface area contributed by atoms with Gasteiger partial charge in [0.1, 0.15) is 5.69 Å². The molecule has 1 saturated heterocycles. The Labute approximate surface area is 129 Å². The number of aromatic nitrogens is 1. The van der Waals surface area contributed by atoms with Crippen LogP contribution in [-0.4, -0.2) is 42.5 Å². The van der Waals surface area contributed by atoms with Gasteiger partial charge in [-0.1, -0.05) is 29.8 Å². The van der Waals surface area contributed by atoms with E-state index in [1.165, 1.54) is 0 Å². The van der Waals surface area contributed by atoms with E-state index < -0.39 is 0 Å². The van der Waals surface area contributed by atoms with Crippen LogP contribution in [0.5, 0.6) is 0 Å². The lowest BCUT2D eigenvalue weighted by Crippen LogP contribution is -2.31. The molecule has 1 aromatic heterocycles. The van der Waals surface area contributed by atoms with Crippen LogP contribution in [0.15, 0.2) is 30.3 Å². The topological polar surface area (TPSA) is 45.2 Å². The van der Waals surface area contributed by atoms with Crippen molar-refractivity contribution in [1.82, 2.24) is 15.2 Å². The summed E-state index contributed by atoms with van der Waals surface area (Å²) in [4.78, 5) is 18.9. The summed E-state index contributed by atoms with van der Waals surface area (Å²) in [6, 6.07) is 9.22. The van der Waals surface area contributed by atoms with E-state index in [1.807, 2.05) is 18.2 Å². The summed E-state index contributed by atoms with van der Waals surface area (Å²) in [5.74, 6) is 0.398. The van der Waals surface area contributed by atoms with Gasteiger partial charge in [-0.05, 0) is 38.1 Å². The van der Waals surface area contributed by atoms with Crippen LogP contribution in [-0.2, 0) is 0 Å². The summed E-state index contributed by atoms with van der Waals surface area (Å²) in [6.07, 6.45) is 1.13. The first-order chi connectivity index (χ1) is 10.1. The van der Waals surface area contributed by atoms with Crippen molar-refractivity contribution < 1.29 is 4.79 Å². The highest BCUT2D eigenvalue weighted by atomic mass is 35.5. The Morgan fingerprint density at radius 2 is 2.29 bits per heavy atom. The van der Waals surface area contributed by atoms with Crippen molar-refractivity contribution in [2.75, 3.05) is 26.7 Å². The summed E-state index contributed by atoms with van der Waals surface area (Å²) in [5.41, 5.74) is 1.09. The fraction of sp³-hybridized carbons (Fsp3) is 0.375. The standard InChI is InChI=1S/C16H18ClN3O/c1-20-8-7-11(10-20)9-18-16(21)14-6-5-12-3-2-4-13(17)15(12)19-14/h2-6,11H,7-10H2,1H3,(H,18,21)/t11-/m1/s1. The predicted octanol–water partition coefficient (Wildman–Crippen LogP) is 2.57. The number of nitrogens with one attached hydrogen (secondary N) is 1. The number of fused-ring (bicyclic) bond motifs is 1. The second-order valence-corrected chi connectivity index (χ2v) is 6.04. The molecule has 1 N–H and O–H groups in total. The molecule has 1 aliphatic rings. The Morgan fingerprint density at radius 1 is 1.43 bits per heavy atom. The van der Waals surface area contributed by atoms with Gasteiger partial charge >= 0.3 is 0 Å². The lowest BCUT2D eigenvalue weighted by atomic mass is 10.1. The number of nitrogens with zero attached hydrogens (tertiary/aromatic N) is 2. The number of hydrogen-bond acceptors (Lipinski definition) is 3. The van der Waals surface area contributed by atoms with E-state index in [9.17, 15) is 4.79 Å². The molecule has 0 aliphatic carbocycles. The Bertz CT molecular complexity index is 674. The van der Waals surface area contributed by atoms with Crippen LogP contribution in [0.2, 0.25) is 5.02 Å². The molecule has 2 heterocycles. The van der Waals surface area contributed by atoms with Gasteiger partial charge < -0.3 is 10.2 Å². The van der Waals surface area contributed by atoms with E-state index in [-0.39, 0.29) is 5.91 Å². The van der Waals surface area contributed by atoms with Crippen molar-refractivity contribution in [1.29, 1.82) is 0 Å². The maximum absolute atomic E-state index is 12.2. The number of hydrogen-bond donors (Lipinski definition) is 1. The molecule has 0 bridgehead atoms. The first-order valence-electron chi connectivity index (χ1n) is 7.15. The molecule has 0 radical (unpaired) electrons. The highest BCUT2D eigenvalue weighted by Gasteiger charge is 2.20. The van der Waals surface area contributed by atoms with E-state index in [2.05, 4.69) is 22.2 Å². The number of carbonyl (C=O) groups excluding carboxylic acids is 1. The molecule has 5 heteroatoms. The van der Waals surface area contributed by atoms with Gasteiger partial charge in [-0.15, -0.1) is 0 Å². The van der Waals surface area contributed by atoms with Crippen molar-refractivity contribution in [2.24, 2.45) is 5.92 Å². The van der Waals surface area contributed by atoms with Gasteiger partial charge in [-0.2, -0.15) is 0 Å². The molecule has 3 rings (SSSR count). The number of rotatable bonds is 3. The second-order valence-electron chi connectivity index (χ2n) is 5.64. The molecule has 2 aromatic rings. The number of pyridine rings is 1. The summed E-state index contributed by atoms with van der Waals surface area (Å²) in [6.45, 7) is 2.84. The average molecular weight is 304 g/mol. The first kappa shape index (κ1) is 14.3. The van der Waals surface area contributed by atoms with E-state index in [0.29, 0.717) is 28.7 Å². The summed E-state index contributed by atoms with van der Waals surface area (Å²) < 4.78 is 0. The van der Waals surface area contributed by atoms with Gasteiger partial charge in [0.25, 0.3) is 5.91 Å². The molecule has 1 aliphatic heterocycles. The molecular weight excluding hydrogens is 286 g/mol. The van der Waals surface area contributed by atoms with Gasteiger partial charge in [0.15, 0.2) is 0 Å². The second kappa shape index (κ2) is 6.00. The van der Waals surface area contributed by atoms with E-state index in [4.69, 9.17) is 11.6 Å². The third-order valence-electron chi connectivity index (χ3n) is 3.94. The predicted molar refractivity (Wildman–Crippen MR) is 84.7 cm³/mol. The third-order valence-corrected chi connectivity index (χ3v) is 4.25. The van der Waals surface area contributed by atoms with E-state index in [0.717, 1.165) is 24.9 Å². The van der Waals surface area contributed by atoms with Crippen LogP contribution in [0.3, 0.4) is 0 Å². The van der Waals surface area contributed by atoms with E-state index in [1.54, 1.807) is 12.1 Å². The molecule has 0 spiro atoms. The number of para-hydroxylation sites is 1. The molecular formula is C16H18ClN3O. The largest absolute Gasteiger partial charge is 0.350 e. The molecule has 1 amide bonds. The van der Waals surface area contributed by atoms with Gasteiger partial charge in [0.05, 0.1) is 10.5 Å². The maximum atomic E-state index is 12.2. The molecule has 4 nitrogen and oxygen atoms in total. The van der Waals surface area contributed by atoms with Crippen molar-refractivity contribution in [3.05, 3.63) is 41.0 Å². The quantitative estimate of drug-likeness (QED) is 0.948. The Morgan fingerprint density at radius 3 is 3.05 bits per heavy atom. The number of benzene rings is 1. The lowest BCUT2D eigenvalue weighted by Gasteiger charge is -2.11. The molecule has 21 heavy (non-hydrogen) atoms. The Balaban J connectivity index is 1.71. The molecule has 0 unspecified atom stereocenters. The third kappa shape index (κ3) is 3.17. The number of carbonyl (C=O) groups is 1. The van der Waals surface area contributed by atoms with Crippen molar-refractivity contribution in [3.8, 4) is 0 Å². The normalized spacial score (nSPS) is 19.0. The van der Waals surface area contributed by atoms with Gasteiger partial charge in [-0.3, -0.25) is 4.79 Å². The van der Waals surface area contributed by atoms with Gasteiger partial charge in [0, 0.05) is 18.5 Å². The zero-order chi connectivity index (χ0) is 14.8. The summed E-state index contributed by atoms with van der Waals surface area (Å²) in [5, 5.41) is 4.48. The number of likely N-dealkylation sites (tertiary alicyclic amines) is 1. The SMILES string of the molecule is CN1CC[C@H](CNC(=O)c2ccc3cccc(Cl)c3n2)C1. The maximum Gasteiger partial charge on any atom is 0.269 e. The van der Waals surface area contributed by atoms with Crippen LogP contribution >= 0.6 is 11.6 Å². The fourth-order valence-electron chi connectivity index (χ4n) is 2.76. The minimum Gasteiger partial charge on any atom is -0.350 e. The summed E-state index contributed by atoms with van der Waals surface area (Å²) >= 11 is 6.13. The van der Waals surface area contributed by atoms with Crippen molar-refractivity contribution in [3.63, 3.8) is 0 Å². The van der Waals surface area contributed by atoms with Crippen molar-refractivity contribution in [2.45, 2.75) is 6.42 Å². The average Bonchev–Trinajstić information content (AvgIpc) is 2.90.